The van der Waals surface area contributed by atoms with Crippen molar-refractivity contribution < 1.29 is 127 Å². The van der Waals surface area contributed by atoms with Gasteiger partial charge in [-0.2, -0.15) is 0 Å². The smallest absolute Gasteiger partial charge is 0.870 e. The average Bonchev–Trinajstić information content (AvgIpc) is 1.59. The van der Waals surface area contributed by atoms with E-state index < -0.39 is 38.3 Å². The van der Waals surface area contributed by atoms with E-state index in [4.69, 9.17) is 113 Å². The summed E-state index contributed by atoms with van der Waals surface area (Å²) in [5, 5.41) is 13.8. The molecule has 7 aromatic heterocycles. The van der Waals surface area contributed by atoms with Crippen LogP contribution in [-0.4, -0.2) is 124 Å². The Morgan fingerprint density at radius 3 is 0.987 bits per heavy atom. The van der Waals surface area contributed by atoms with Crippen LogP contribution in [0.2, 0.25) is 5.02 Å². The summed E-state index contributed by atoms with van der Waals surface area (Å²) in [4.78, 5) is 59.3. The van der Waals surface area contributed by atoms with Gasteiger partial charge in [0.1, 0.15) is 94.8 Å². The predicted octanol–water partition coefficient (Wildman–Crippen LogP) is 19.6. The van der Waals surface area contributed by atoms with E-state index in [1.807, 2.05) is 275 Å². The molecule has 15 aromatic rings. The van der Waals surface area contributed by atoms with Crippen molar-refractivity contribution >= 4 is 122 Å². The number of esters is 3. The van der Waals surface area contributed by atoms with Gasteiger partial charge in [0.15, 0.2) is 0 Å². The van der Waals surface area contributed by atoms with E-state index in [9.17, 15) is 19.2 Å². The number of carbonyl (C=O) groups is 4. The Balaban J connectivity index is 0.000000174. The molecule has 29 nitrogen and oxygen atoms in total. The Hall–Kier alpha value is -12.4. The molecule has 149 heavy (non-hydrogen) atoms. The molecule has 3 fully saturated rings. The number of halogens is 2. The molecule has 0 unspecified atom stereocenters. The summed E-state index contributed by atoms with van der Waals surface area (Å²) in [7, 11) is -1.49. The minimum atomic E-state index is -0.892. The zero-order valence-corrected chi connectivity index (χ0v) is 90.6. The monoisotopic (exact) mass is 2100 g/mol. The first-order chi connectivity index (χ1) is 70.0. The van der Waals surface area contributed by atoms with Crippen molar-refractivity contribution in [1.82, 2.24) is 15.0 Å². The molecule has 0 radical (unpaired) electrons. The number of carboxylic acids is 1. The van der Waals surface area contributed by atoms with E-state index in [1.54, 1.807) is 63.6 Å². The number of aromatic nitrogens is 3. The number of fused-ring (bicyclic) bond motifs is 4. The third-order valence-corrected chi connectivity index (χ3v) is 26.7. The van der Waals surface area contributed by atoms with Gasteiger partial charge in [0, 0.05) is 104 Å². The molecule has 3 aliphatic heterocycles. The summed E-state index contributed by atoms with van der Waals surface area (Å²) >= 11 is 9.17. The van der Waals surface area contributed by atoms with E-state index in [1.165, 1.54) is 0 Å². The number of pyridine rings is 3. The minimum Gasteiger partial charge on any atom is -0.870 e. The molecule has 0 atom stereocenters. The number of nitrogens with two attached hydrogens (primary N) is 3. The standard InChI is InChI=1S/C26H31BO6.C26H26N2O4.C24H22N2O4.C20H19BrO4.C12H24B2O4.C6H7ClN2.Li.H2O/c1-7-29-23(28)15-19-10-8-9-11-22(19)30-16-18-13-20-12-17(2)31-24(20)21(14-18)27-32-25(3,4)26(5,6)33-27;1-3-30-25(29)14-20-6-4-5-7-24(20)31-16-18-11-21-10-17(2)32-26(21)23(12-18)19-8-9-28-22(13-19)15-27;1-15-8-19-9-16(14-29-22-5-3-2-4-18(22)12-23(27)28)10-21(24(19)30-15)17-6-7-26-20(11-17)13-25;1-3-23-19(22)11-15-6-4-5-7-18(15)24-12-14-9-16-8-13(2)25-20(16)17(21)10-14;1-9(2)10(3,4)16-13(15-9)14-17-11(5,6)12(7,8)18-14;7-5-1-2-9-6(3-5)4-8;;/h8-14H,7,15-16H2,1-6H3;4-13H,3,14-16,27H2,1-2H3;2-11H,12-14,25H2,1H3,(H,27,28);4-10H,3,11-12H2,1-2H3;1-8H3;1-3H,4,8H2;;1H2/q;;;;;;+1;/p-1. The van der Waals surface area contributed by atoms with Crippen LogP contribution in [0.1, 0.15) is 188 Å². The number of benzene rings is 8. The van der Waals surface area contributed by atoms with Crippen molar-refractivity contribution in [2.45, 2.75) is 237 Å². The topological polar surface area (TPSA) is 408 Å². The number of aliphatic carboxylic acids is 1. The zero-order valence-electron chi connectivity index (χ0n) is 88.3. The summed E-state index contributed by atoms with van der Waals surface area (Å²) in [5.74, 6) is 4.25. The Labute approximate surface area is 896 Å². The maximum atomic E-state index is 12.0. The van der Waals surface area contributed by atoms with Crippen LogP contribution in [0.25, 0.3) is 66.1 Å². The van der Waals surface area contributed by atoms with Gasteiger partial charge < -0.3 is 107 Å². The number of nitrogens with zero attached hydrogens (tertiary/aromatic N) is 3. The van der Waals surface area contributed by atoms with Gasteiger partial charge in [0.05, 0.1) is 101 Å². The van der Waals surface area contributed by atoms with Gasteiger partial charge in [-0.05, 0) is 308 Å². The van der Waals surface area contributed by atoms with Gasteiger partial charge in [-0.3, -0.25) is 34.1 Å². The van der Waals surface area contributed by atoms with E-state index in [2.05, 4.69) is 49.1 Å². The third kappa shape index (κ3) is 30.5. The molecule has 3 saturated heterocycles. The third-order valence-electron chi connectivity index (χ3n) is 25.8. The van der Waals surface area contributed by atoms with Crippen LogP contribution >= 0.6 is 27.5 Å². The molecule has 0 spiro atoms. The molecule has 0 bridgehead atoms. The van der Waals surface area contributed by atoms with Gasteiger partial charge in [-0.15, -0.1) is 0 Å². The van der Waals surface area contributed by atoms with Gasteiger partial charge in [-0.1, -0.05) is 90.5 Å². The molecule has 0 saturated carbocycles. The number of carboxylic acid groups (broad SMARTS) is 1. The largest absolute Gasteiger partial charge is 1.00 e. The van der Waals surface area contributed by atoms with E-state index in [0.717, 1.165) is 155 Å². The molecule has 8 N–H and O–H groups in total. The van der Waals surface area contributed by atoms with Crippen LogP contribution in [0.5, 0.6) is 23.0 Å². The fraction of sp³-hybridized carbons (Fsp3) is 0.342. The van der Waals surface area contributed by atoms with Crippen LogP contribution in [-0.2, 0) is 133 Å². The Bertz CT molecular complexity index is 7040. The number of aryl methyl sites for hydroxylation is 4. The van der Waals surface area contributed by atoms with Crippen molar-refractivity contribution in [2.24, 2.45) is 17.2 Å². The maximum absolute atomic E-state index is 12.0. The molecule has 3 aliphatic rings. The molecule has 8 aromatic carbocycles. The number of ether oxygens (including phenoxy) is 7. The summed E-state index contributed by atoms with van der Waals surface area (Å²) in [6.45, 7) is 41.1. The average molecular weight is 2110 g/mol. The minimum absolute atomic E-state index is 0. The second-order valence-electron chi connectivity index (χ2n) is 38.7. The summed E-state index contributed by atoms with van der Waals surface area (Å²) < 4.78 is 100. The Morgan fingerprint density at radius 1 is 0.369 bits per heavy atom. The fourth-order valence-corrected chi connectivity index (χ4v) is 17.2. The molecule has 0 aliphatic carbocycles. The second-order valence-corrected chi connectivity index (χ2v) is 40.0. The first kappa shape index (κ1) is 117. The SMILES string of the molecule is CC1(C)OB(B2OC(C)(C)C(C)(C)O2)OC1(C)C.CCOC(=O)Cc1ccccc1OCc1cc(-c2ccnc(CN)c2)c2oc(C)cc2c1.CCOC(=O)Cc1ccccc1OCc1cc(B2OC(C)(C)C(C)(C)O2)c2oc(C)cc2c1.CCOC(=O)Cc1ccccc1OCc1cc(Br)c2oc(C)cc2c1.Cc1cc2cc(COc3ccccc3CC(=O)O)cc(-c3ccnc(CN)c3)c2o1.NCc1cc(Cl)ccn1.[Li+].[OH-]. The van der Waals surface area contributed by atoms with Crippen LogP contribution < -0.4 is 60.5 Å². The van der Waals surface area contributed by atoms with Gasteiger partial charge in [0.2, 0.25) is 0 Å². The predicted molar refractivity (Wildman–Crippen MR) is 576 cm³/mol. The molecular formula is C114H130B3BrClLiN6O23. The van der Waals surface area contributed by atoms with E-state index in [-0.39, 0.29) is 90.3 Å². The molecule has 10 heterocycles. The van der Waals surface area contributed by atoms with Gasteiger partial charge in [0.25, 0.3) is 0 Å². The van der Waals surface area contributed by atoms with E-state index in [0.29, 0.717) is 99.5 Å². The molecule has 18 rings (SSSR count). The maximum Gasteiger partial charge on any atom is 1.00 e. The number of para-hydroxylation sites is 4. The number of rotatable bonds is 30. The molecular weight excluding hydrogens is 1980 g/mol. The zero-order chi connectivity index (χ0) is 106. The van der Waals surface area contributed by atoms with Gasteiger partial charge >= 0.3 is 63.9 Å². The van der Waals surface area contributed by atoms with Crippen LogP contribution in [0, 0.1) is 27.7 Å². The van der Waals surface area contributed by atoms with Crippen molar-refractivity contribution in [1.29, 1.82) is 0 Å². The second kappa shape index (κ2) is 51.9. The van der Waals surface area contributed by atoms with E-state index >= 15 is 0 Å². The Kier molecular flexibility index (Phi) is 40.7. The normalized spacial score (nSPS) is 14.6. The molecule has 778 valence electrons. The number of furan rings is 4. The van der Waals surface area contributed by atoms with Crippen LogP contribution in [0.4, 0.5) is 0 Å². The number of hydrogen-bond acceptors (Lipinski definition) is 28. The van der Waals surface area contributed by atoms with Crippen molar-refractivity contribution in [3.8, 4) is 45.3 Å². The summed E-state index contributed by atoms with van der Waals surface area (Å²) in [6, 6.07) is 65.3. The molecule has 35 heteroatoms. The Morgan fingerprint density at radius 2 is 0.658 bits per heavy atom. The quantitative estimate of drug-likeness (QED) is 0.0184. The first-order valence-corrected chi connectivity index (χ1v) is 50.1. The van der Waals surface area contributed by atoms with Crippen LogP contribution in [0.3, 0.4) is 0 Å². The summed E-state index contributed by atoms with van der Waals surface area (Å²) in [5.41, 5.74) is 31.8. The van der Waals surface area contributed by atoms with Crippen LogP contribution in [0.15, 0.2) is 247 Å². The van der Waals surface area contributed by atoms with Crippen molar-refractivity contribution in [3.05, 3.63) is 319 Å². The fourth-order valence-electron chi connectivity index (χ4n) is 16.4. The molecule has 0 amide bonds. The van der Waals surface area contributed by atoms with Crippen molar-refractivity contribution in [2.75, 3.05) is 19.8 Å². The van der Waals surface area contributed by atoms with Crippen molar-refractivity contribution in [3.63, 3.8) is 0 Å². The number of hydrogen-bond donors (Lipinski definition) is 4. The number of carbonyl (C=O) groups excluding carboxylic acids is 3. The van der Waals surface area contributed by atoms with Gasteiger partial charge in [-0.25, -0.2) is 0 Å². The summed E-state index contributed by atoms with van der Waals surface area (Å²) in [6.07, 6.45) is 5.61. The first-order valence-electron chi connectivity index (χ1n) is 48.9.